The second-order valence-corrected chi connectivity index (χ2v) is 5.75. The summed E-state index contributed by atoms with van der Waals surface area (Å²) in [6.45, 7) is 6.43. The fourth-order valence-electron chi connectivity index (χ4n) is 3.13. The van der Waals surface area contributed by atoms with Crippen LogP contribution < -0.4 is 0 Å². The Labute approximate surface area is 96.4 Å². The first kappa shape index (κ1) is 10.9. The highest BCUT2D eigenvalue weighted by Crippen LogP contribution is 2.37. The van der Waals surface area contributed by atoms with Crippen LogP contribution in [0.15, 0.2) is 0 Å². The summed E-state index contributed by atoms with van der Waals surface area (Å²) in [7, 11) is 0. The van der Waals surface area contributed by atoms with Crippen LogP contribution in [-0.4, -0.2) is 29.9 Å². The first-order chi connectivity index (χ1) is 6.83. The minimum Gasteiger partial charge on any atom is -0.302 e. The van der Waals surface area contributed by atoms with Crippen molar-refractivity contribution in [3.05, 3.63) is 0 Å². The standard InChI is InChI=1S/C12H22BrN/c1-2-10(6-13)7-14-8-11-4-3-5-12(11)9-14/h10-12H,2-9H2,1H3. The van der Waals surface area contributed by atoms with E-state index < -0.39 is 0 Å². The number of alkyl halides is 1. The van der Waals surface area contributed by atoms with Crippen LogP contribution in [0.4, 0.5) is 0 Å². The molecule has 2 rings (SSSR count). The number of fused-ring (bicyclic) bond motifs is 1. The molecule has 0 spiro atoms. The van der Waals surface area contributed by atoms with Crippen molar-refractivity contribution in [2.24, 2.45) is 17.8 Å². The Bertz CT molecular complexity index is 167. The molecule has 0 bridgehead atoms. The normalized spacial score (nSPS) is 34.7. The van der Waals surface area contributed by atoms with E-state index in [1.165, 1.54) is 50.6 Å². The molecule has 3 unspecified atom stereocenters. The van der Waals surface area contributed by atoms with Gasteiger partial charge in [0.1, 0.15) is 0 Å². The van der Waals surface area contributed by atoms with Crippen LogP contribution in [-0.2, 0) is 0 Å². The summed E-state index contributed by atoms with van der Waals surface area (Å²) < 4.78 is 0. The Balaban J connectivity index is 1.78. The lowest BCUT2D eigenvalue weighted by Gasteiger charge is -2.21. The first-order valence-electron chi connectivity index (χ1n) is 6.11. The van der Waals surface area contributed by atoms with Gasteiger partial charge in [-0.1, -0.05) is 35.7 Å². The van der Waals surface area contributed by atoms with Gasteiger partial charge in [0.2, 0.25) is 0 Å². The highest BCUT2D eigenvalue weighted by atomic mass is 79.9. The third-order valence-corrected chi connectivity index (χ3v) is 5.03. The number of hydrogen-bond donors (Lipinski definition) is 0. The Morgan fingerprint density at radius 1 is 1.29 bits per heavy atom. The molecule has 0 radical (unpaired) electrons. The second kappa shape index (κ2) is 4.98. The zero-order valence-electron chi connectivity index (χ0n) is 9.21. The van der Waals surface area contributed by atoms with Crippen molar-refractivity contribution in [1.29, 1.82) is 0 Å². The maximum Gasteiger partial charge on any atom is 0.00717 e. The van der Waals surface area contributed by atoms with Crippen LogP contribution in [0.1, 0.15) is 32.6 Å². The predicted molar refractivity (Wildman–Crippen MR) is 64.8 cm³/mol. The molecule has 0 aromatic carbocycles. The third-order valence-electron chi connectivity index (χ3n) is 4.11. The summed E-state index contributed by atoms with van der Waals surface area (Å²) >= 11 is 3.62. The van der Waals surface area contributed by atoms with Crippen LogP contribution in [0, 0.1) is 17.8 Å². The van der Waals surface area contributed by atoms with Gasteiger partial charge in [-0.15, -0.1) is 0 Å². The monoisotopic (exact) mass is 259 g/mol. The molecule has 2 aliphatic rings. The predicted octanol–water partition coefficient (Wildman–Crippen LogP) is 3.14. The van der Waals surface area contributed by atoms with Crippen molar-refractivity contribution >= 4 is 15.9 Å². The van der Waals surface area contributed by atoms with Gasteiger partial charge in [0.15, 0.2) is 0 Å². The van der Waals surface area contributed by atoms with Crippen LogP contribution in [0.2, 0.25) is 0 Å². The van der Waals surface area contributed by atoms with Crippen molar-refractivity contribution in [3.8, 4) is 0 Å². The van der Waals surface area contributed by atoms with E-state index in [2.05, 4.69) is 27.8 Å². The third kappa shape index (κ3) is 2.33. The summed E-state index contributed by atoms with van der Waals surface area (Å²) in [5.41, 5.74) is 0. The minimum absolute atomic E-state index is 0.869. The molecule has 1 saturated carbocycles. The van der Waals surface area contributed by atoms with E-state index in [1.54, 1.807) is 0 Å². The molecule has 1 aliphatic carbocycles. The van der Waals surface area contributed by atoms with E-state index in [1.807, 2.05) is 0 Å². The molecular formula is C12H22BrN. The van der Waals surface area contributed by atoms with Gasteiger partial charge in [-0.2, -0.15) is 0 Å². The molecule has 3 atom stereocenters. The van der Waals surface area contributed by atoms with E-state index in [0.29, 0.717) is 0 Å². The van der Waals surface area contributed by atoms with Crippen molar-refractivity contribution in [3.63, 3.8) is 0 Å². The zero-order valence-corrected chi connectivity index (χ0v) is 10.8. The fourth-order valence-corrected chi connectivity index (χ4v) is 3.80. The zero-order chi connectivity index (χ0) is 9.97. The second-order valence-electron chi connectivity index (χ2n) is 5.10. The van der Waals surface area contributed by atoms with E-state index >= 15 is 0 Å². The summed E-state index contributed by atoms with van der Waals surface area (Å²) in [6.07, 6.45) is 5.83. The highest BCUT2D eigenvalue weighted by Gasteiger charge is 2.36. The maximum atomic E-state index is 3.62. The van der Waals surface area contributed by atoms with Crippen LogP contribution in [0.5, 0.6) is 0 Å². The Kier molecular flexibility index (Phi) is 3.89. The largest absolute Gasteiger partial charge is 0.302 e. The molecular weight excluding hydrogens is 238 g/mol. The molecule has 0 aromatic heterocycles. The number of halogens is 1. The summed E-state index contributed by atoms with van der Waals surface area (Å²) in [6, 6.07) is 0. The Morgan fingerprint density at radius 3 is 2.43 bits per heavy atom. The van der Waals surface area contributed by atoms with Crippen LogP contribution in [0.25, 0.3) is 0 Å². The van der Waals surface area contributed by atoms with Gasteiger partial charge in [-0.3, -0.25) is 0 Å². The van der Waals surface area contributed by atoms with Crippen LogP contribution >= 0.6 is 15.9 Å². The molecule has 0 amide bonds. The lowest BCUT2D eigenvalue weighted by atomic mass is 10.0. The SMILES string of the molecule is CCC(CBr)CN1CC2CCCC2C1. The summed E-state index contributed by atoms with van der Waals surface area (Å²) in [5, 5.41) is 1.18. The van der Waals surface area contributed by atoms with Gasteiger partial charge in [-0.05, 0) is 30.6 Å². The average Bonchev–Trinajstić information content (AvgIpc) is 2.73. The molecule has 1 saturated heterocycles. The maximum absolute atomic E-state index is 3.62. The summed E-state index contributed by atoms with van der Waals surface area (Å²) in [5.74, 6) is 2.99. The molecule has 0 aromatic rings. The van der Waals surface area contributed by atoms with Gasteiger partial charge in [0, 0.05) is 25.0 Å². The van der Waals surface area contributed by atoms with Crippen molar-refractivity contribution in [2.75, 3.05) is 25.0 Å². The molecule has 2 fully saturated rings. The highest BCUT2D eigenvalue weighted by molar-refractivity contribution is 9.09. The fraction of sp³-hybridized carbons (Fsp3) is 1.00. The molecule has 1 heterocycles. The van der Waals surface area contributed by atoms with Gasteiger partial charge >= 0.3 is 0 Å². The Morgan fingerprint density at radius 2 is 1.93 bits per heavy atom. The molecule has 1 nitrogen and oxygen atoms in total. The van der Waals surface area contributed by atoms with Crippen LogP contribution in [0.3, 0.4) is 0 Å². The van der Waals surface area contributed by atoms with Gasteiger partial charge in [0.05, 0.1) is 0 Å². The number of nitrogens with zero attached hydrogens (tertiary/aromatic N) is 1. The molecule has 2 heteroatoms. The molecule has 14 heavy (non-hydrogen) atoms. The summed E-state index contributed by atoms with van der Waals surface area (Å²) in [4.78, 5) is 2.71. The van der Waals surface area contributed by atoms with E-state index in [9.17, 15) is 0 Å². The van der Waals surface area contributed by atoms with Crippen molar-refractivity contribution < 1.29 is 0 Å². The first-order valence-corrected chi connectivity index (χ1v) is 7.24. The molecule has 1 aliphatic heterocycles. The van der Waals surface area contributed by atoms with Gasteiger partial charge in [0.25, 0.3) is 0 Å². The van der Waals surface area contributed by atoms with Crippen molar-refractivity contribution in [1.82, 2.24) is 4.90 Å². The smallest absolute Gasteiger partial charge is 0.00717 e. The topological polar surface area (TPSA) is 3.24 Å². The number of hydrogen-bond acceptors (Lipinski definition) is 1. The molecule has 82 valence electrons. The van der Waals surface area contributed by atoms with Gasteiger partial charge < -0.3 is 4.90 Å². The number of rotatable bonds is 4. The Hall–Kier alpha value is 0.440. The number of likely N-dealkylation sites (tertiary alicyclic amines) is 1. The van der Waals surface area contributed by atoms with Gasteiger partial charge in [-0.25, -0.2) is 0 Å². The van der Waals surface area contributed by atoms with E-state index in [4.69, 9.17) is 0 Å². The lowest BCUT2D eigenvalue weighted by Crippen LogP contribution is -2.28. The van der Waals surface area contributed by atoms with Crippen molar-refractivity contribution in [2.45, 2.75) is 32.6 Å². The van der Waals surface area contributed by atoms with E-state index in [-0.39, 0.29) is 0 Å². The quantitative estimate of drug-likeness (QED) is 0.702. The van der Waals surface area contributed by atoms with E-state index in [0.717, 1.165) is 17.8 Å². The lowest BCUT2D eigenvalue weighted by molar-refractivity contribution is 0.267. The molecule has 0 N–H and O–H groups in total. The average molecular weight is 260 g/mol. The minimum atomic E-state index is 0.869.